The second-order valence-electron chi connectivity index (χ2n) is 9.20. The van der Waals surface area contributed by atoms with Gasteiger partial charge in [-0.1, -0.05) is 11.6 Å². The van der Waals surface area contributed by atoms with Gasteiger partial charge in [0, 0.05) is 42.3 Å². The molecule has 0 saturated carbocycles. The molecule has 198 valence electrons. The van der Waals surface area contributed by atoms with Crippen LogP contribution < -0.4 is 16.0 Å². The lowest BCUT2D eigenvalue weighted by molar-refractivity contribution is 0.0489. The fraction of sp³-hybridized carbons (Fsp3) is 0.231. The molecule has 0 atom stereocenters. The number of fused-ring (bicyclic) bond motifs is 1. The largest absolute Gasteiger partial charge is 0.487 e. The molecule has 0 aliphatic heterocycles. The van der Waals surface area contributed by atoms with Gasteiger partial charge in [0.05, 0.1) is 11.0 Å². The van der Waals surface area contributed by atoms with Crippen molar-refractivity contribution in [2.45, 2.75) is 39.4 Å². The van der Waals surface area contributed by atoms with E-state index in [1.165, 1.54) is 45.2 Å². The number of aromatic nitrogens is 3. The molecule has 0 amide bonds. The molecule has 2 heterocycles. The molecule has 2 aromatic heterocycles. The molecule has 12 heteroatoms. The van der Waals surface area contributed by atoms with Crippen molar-refractivity contribution in [1.82, 2.24) is 14.5 Å². The molecular weight excluding hydrogens is 524 g/mol. The average molecular weight is 546 g/mol. The van der Waals surface area contributed by atoms with Crippen molar-refractivity contribution >= 4 is 34.3 Å². The lowest BCUT2D eigenvalue weighted by Gasteiger charge is -2.17. The first-order valence-corrected chi connectivity index (χ1v) is 11.7. The van der Waals surface area contributed by atoms with E-state index >= 15 is 0 Å². The summed E-state index contributed by atoms with van der Waals surface area (Å²) in [4.78, 5) is 54.8. The molecule has 2 aromatic carbocycles. The number of Topliss-reactive ketones (excluding diaryl/α,β-unsaturated/α-hetero) is 1. The molecule has 4 rings (SSSR count). The Morgan fingerprint density at radius 1 is 1.13 bits per heavy atom. The third-order valence-corrected chi connectivity index (χ3v) is 6.16. The number of aliphatic hydroxyl groups is 1. The molecule has 0 radical (unpaired) electrons. The van der Waals surface area contributed by atoms with Crippen LogP contribution in [0.2, 0.25) is 5.02 Å². The van der Waals surface area contributed by atoms with E-state index in [0.29, 0.717) is 17.2 Å². The number of rotatable bonds is 7. The normalized spacial score (nSPS) is 11.7. The Hall–Kier alpha value is -4.09. The van der Waals surface area contributed by atoms with Crippen LogP contribution >= 0.6 is 11.6 Å². The van der Waals surface area contributed by atoms with Gasteiger partial charge in [0.25, 0.3) is 5.56 Å². The maximum atomic E-state index is 14.1. The predicted molar refractivity (Wildman–Crippen MR) is 135 cm³/mol. The van der Waals surface area contributed by atoms with E-state index in [2.05, 4.69) is 9.97 Å². The summed E-state index contributed by atoms with van der Waals surface area (Å²) in [5, 5.41) is 10.0. The van der Waals surface area contributed by atoms with Gasteiger partial charge in [-0.3, -0.25) is 14.4 Å². The van der Waals surface area contributed by atoms with Crippen LogP contribution in [0, 0.1) is 11.6 Å². The monoisotopic (exact) mass is 545 g/mol. The van der Waals surface area contributed by atoms with Crippen LogP contribution in [0.1, 0.15) is 52.6 Å². The molecule has 4 aromatic rings. The van der Waals surface area contributed by atoms with Gasteiger partial charge >= 0.3 is 5.69 Å². The predicted octanol–water partition coefficient (Wildman–Crippen LogP) is 3.73. The van der Waals surface area contributed by atoms with Gasteiger partial charge in [-0.25, -0.2) is 18.1 Å². The molecule has 0 spiro atoms. The number of nitrogens with one attached hydrogen (secondary N) is 2. The number of hydrogen-bond donors (Lipinski definition) is 3. The minimum absolute atomic E-state index is 0.0168. The molecule has 0 saturated heterocycles. The summed E-state index contributed by atoms with van der Waals surface area (Å²) in [5.41, 5.74) is -2.33. The Morgan fingerprint density at radius 2 is 1.84 bits per heavy atom. The summed E-state index contributed by atoms with van der Waals surface area (Å²) in [6, 6.07) is 5.88. The van der Waals surface area contributed by atoms with Crippen LogP contribution in [0.4, 0.5) is 8.78 Å². The highest BCUT2D eigenvalue weighted by molar-refractivity contribution is 6.32. The van der Waals surface area contributed by atoms with Crippen LogP contribution in [-0.2, 0) is 13.0 Å². The van der Waals surface area contributed by atoms with Crippen molar-refractivity contribution in [1.29, 1.82) is 0 Å². The van der Waals surface area contributed by atoms with E-state index in [0.717, 1.165) is 10.6 Å². The highest BCUT2D eigenvalue weighted by atomic mass is 35.5. The highest BCUT2D eigenvalue weighted by Gasteiger charge is 2.29. The SMILES string of the molecule is CC(=O)n1c(=O)[nH]c2c(C(=O)C(C)(C)O)cc(Cc3c[nH]c(=O)c(Cl)c3OCc3ccc(F)cc3F)cc21. The molecule has 3 N–H and O–H groups in total. The minimum Gasteiger partial charge on any atom is -0.487 e. The van der Waals surface area contributed by atoms with E-state index in [-0.39, 0.29) is 46.0 Å². The number of benzene rings is 2. The summed E-state index contributed by atoms with van der Waals surface area (Å²) >= 11 is 6.20. The van der Waals surface area contributed by atoms with Crippen molar-refractivity contribution in [3.8, 4) is 5.75 Å². The third-order valence-electron chi connectivity index (χ3n) is 5.82. The molecule has 0 aliphatic rings. The molecule has 38 heavy (non-hydrogen) atoms. The second kappa shape index (κ2) is 9.99. The number of aromatic amines is 2. The highest BCUT2D eigenvalue weighted by Crippen LogP contribution is 2.30. The Morgan fingerprint density at radius 3 is 2.47 bits per heavy atom. The number of pyridine rings is 1. The summed E-state index contributed by atoms with van der Waals surface area (Å²) in [5.74, 6) is -2.99. The quantitative estimate of drug-likeness (QED) is 0.303. The Bertz CT molecular complexity index is 1720. The number of ketones is 1. The molecule has 0 bridgehead atoms. The van der Waals surface area contributed by atoms with E-state index < -0.39 is 40.2 Å². The van der Waals surface area contributed by atoms with Crippen LogP contribution in [0.25, 0.3) is 11.0 Å². The van der Waals surface area contributed by atoms with Gasteiger partial charge in [0.1, 0.15) is 34.6 Å². The van der Waals surface area contributed by atoms with Crippen molar-refractivity contribution in [3.05, 3.63) is 96.3 Å². The Kier molecular flexibility index (Phi) is 7.09. The molecule has 0 fully saturated rings. The van der Waals surface area contributed by atoms with Crippen molar-refractivity contribution < 1.29 is 28.2 Å². The zero-order valence-electron chi connectivity index (χ0n) is 20.4. The average Bonchev–Trinajstić information content (AvgIpc) is 3.16. The minimum atomic E-state index is -1.80. The van der Waals surface area contributed by atoms with E-state index in [4.69, 9.17) is 16.3 Å². The van der Waals surface area contributed by atoms with E-state index in [9.17, 15) is 33.1 Å². The number of H-pyrrole nitrogens is 2. The lowest BCUT2D eigenvalue weighted by atomic mass is 9.93. The fourth-order valence-corrected chi connectivity index (χ4v) is 4.24. The van der Waals surface area contributed by atoms with Gasteiger partial charge in [-0.05, 0) is 43.7 Å². The fourth-order valence-electron chi connectivity index (χ4n) is 4.01. The van der Waals surface area contributed by atoms with Crippen LogP contribution in [-0.4, -0.2) is 36.9 Å². The maximum absolute atomic E-state index is 14.1. The third kappa shape index (κ3) is 5.15. The van der Waals surface area contributed by atoms with Gasteiger partial charge < -0.3 is 19.8 Å². The summed E-state index contributed by atoms with van der Waals surface area (Å²) in [7, 11) is 0. The Labute approximate surface area is 218 Å². The lowest BCUT2D eigenvalue weighted by Crippen LogP contribution is -2.31. The number of hydrogen-bond acceptors (Lipinski definition) is 6. The van der Waals surface area contributed by atoms with Gasteiger partial charge in [-0.2, -0.15) is 0 Å². The number of carbonyl (C=O) groups is 2. The first-order chi connectivity index (χ1) is 17.8. The smallest absolute Gasteiger partial charge is 0.333 e. The zero-order chi connectivity index (χ0) is 27.9. The first kappa shape index (κ1) is 27.0. The van der Waals surface area contributed by atoms with Crippen molar-refractivity contribution in [2.24, 2.45) is 0 Å². The summed E-state index contributed by atoms with van der Waals surface area (Å²) in [6.45, 7) is 3.39. The number of carbonyl (C=O) groups excluding carboxylic acids is 2. The van der Waals surface area contributed by atoms with Gasteiger partial charge in [0.2, 0.25) is 5.91 Å². The number of imidazole rings is 1. The standard InChI is InChI=1S/C26H22ClF2N3O6/c1-12(33)32-19-8-13(7-17(21(19)31-25(32)36)23(34)26(2,3)37)6-15-10-30-24(35)20(27)22(15)38-11-14-4-5-16(28)9-18(14)29/h4-5,7-10,37H,6,11H2,1-3H3,(H,30,35)(H,31,36). The maximum Gasteiger partial charge on any atom is 0.333 e. The molecule has 9 nitrogen and oxygen atoms in total. The second-order valence-corrected chi connectivity index (χ2v) is 9.58. The molecule has 0 unspecified atom stereocenters. The number of halogens is 3. The van der Waals surface area contributed by atoms with Crippen LogP contribution in [0.5, 0.6) is 5.75 Å². The topological polar surface area (TPSA) is 134 Å². The molecular formula is C26H22ClF2N3O6. The van der Waals surface area contributed by atoms with Crippen molar-refractivity contribution in [3.63, 3.8) is 0 Å². The molecule has 0 aliphatic carbocycles. The van der Waals surface area contributed by atoms with E-state index in [1.807, 2.05) is 0 Å². The van der Waals surface area contributed by atoms with Gasteiger partial charge in [-0.15, -0.1) is 0 Å². The summed E-state index contributed by atoms with van der Waals surface area (Å²) < 4.78 is 33.9. The van der Waals surface area contributed by atoms with E-state index in [1.54, 1.807) is 0 Å². The Balaban J connectivity index is 1.82. The zero-order valence-corrected chi connectivity index (χ0v) is 21.2. The van der Waals surface area contributed by atoms with Crippen LogP contribution in [0.15, 0.2) is 46.1 Å². The first-order valence-electron chi connectivity index (χ1n) is 11.3. The number of ether oxygens (including phenoxy) is 1. The van der Waals surface area contributed by atoms with Crippen LogP contribution in [0.3, 0.4) is 0 Å². The summed E-state index contributed by atoms with van der Waals surface area (Å²) in [6.07, 6.45) is 1.30. The van der Waals surface area contributed by atoms with Gasteiger partial charge in [0.15, 0.2) is 5.78 Å². The van der Waals surface area contributed by atoms with Crippen molar-refractivity contribution in [2.75, 3.05) is 0 Å². The number of nitrogens with zero attached hydrogens (tertiary/aromatic N) is 1.